The Morgan fingerprint density at radius 1 is 1.06 bits per heavy atom. The maximum atomic E-state index is 13.3. The molecule has 2 saturated carbocycles. The Hall–Kier alpha value is -2.36. The van der Waals surface area contributed by atoms with E-state index in [1.54, 1.807) is 0 Å². The van der Waals surface area contributed by atoms with Crippen molar-refractivity contribution in [3.8, 4) is 0 Å². The normalized spacial score (nSPS) is 38.8. The molecule has 0 radical (unpaired) electrons. The highest BCUT2D eigenvalue weighted by molar-refractivity contribution is 6.02. The third-order valence-corrected chi connectivity index (χ3v) is 9.23. The first-order chi connectivity index (χ1) is 14.8. The van der Waals surface area contributed by atoms with Crippen LogP contribution in [0.2, 0.25) is 0 Å². The third-order valence-electron chi connectivity index (χ3n) is 9.23. The van der Waals surface area contributed by atoms with Gasteiger partial charge in [-0.3, -0.25) is 4.79 Å². The van der Waals surface area contributed by atoms with E-state index >= 15 is 0 Å². The number of nitrogens with one attached hydrogen (secondary N) is 1. The van der Waals surface area contributed by atoms with Gasteiger partial charge < -0.3 is 10.4 Å². The number of carbonyl (C=O) groups excluding carboxylic acids is 1. The number of carboxylic acid groups (broad SMARTS) is 1. The molecule has 1 unspecified atom stereocenters. The Morgan fingerprint density at radius 3 is 2.58 bits per heavy atom. The van der Waals surface area contributed by atoms with Gasteiger partial charge in [0.2, 0.25) is 5.91 Å². The first-order valence-corrected chi connectivity index (χ1v) is 11.8. The summed E-state index contributed by atoms with van der Waals surface area (Å²) in [5.41, 5.74) is 2.44. The van der Waals surface area contributed by atoms with Gasteiger partial charge in [0.05, 0.1) is 5.92 Å². The van der Waals surface area contributed by atoms with Crippen LogP contribution in [0, 0.1) is 34.5 Å². The van der Waals surface area contributed by atoms with E-state index in [1.165, 1.54) is 32.1 Å². The number of allylic oxidation sites excluding steroid dienone is 3. The summed E-state index contributed by atoms with van der Waals surface area (Å²) in [5.74, 6) is 0.141. The molecule has 1 amide bonds. The van der Waals surface area contributed by atoms with Gasteiger partial charge in [0.15, 0.2) is 0 Å². The Morgan fingerprint density at radius 2 is 1.84 bits per heavy atom. The predicted molar refractivity (Wildman–Crippen MR) is 121 cm³/mol. The SMILES string of the molecule is C[C@@]12CCC[C@H]1[C@@H]1CC=C3C=C(C(=O)O)C(C(=O)Nc4ccccc4)C[C@]3(C)[C@@H]1CC2. The molecule has 2 fully saturated rings. The molecule has 1 aromatic carbocycles. The van der Waals surface area contributed by atoms with E-state index in [2.05, 4.69) is 25.2 Å². The largest absolute Gasteiger partial charge is 0.478 e. The molecule has 5 rings (SSSR count). The molecule has 0 heterocycles. The molecule has 0 spiro atoms. The van der Waals surface area contributed by atoms with E-state index in [0.29, 0.717) is 29.4 Å². The summed E-state index contributed by atoms with van der Waals surface area (Å²) in [7, 11) is 0. The Balaban J connectivity index is 1.48. The molecule has 1 aromatic rings. The molecule has 0 aromatic heterocycles. The smallest absolute Gasteiger partial charge is 0.332 e. The molecular formula is C27H33NO3. The topological polar surface area (TPSA) is 66.4 Å². The van der Waals surface area contributed by atoms with Crippen molar-refractivity contribution in [2.24, 2.45) is 34.5 Å². The van der Waals surface area contributed by atoms with Gasteiger partial charge in [-0.25, -0.2) is 4.79 Å². The zero-order valence-electron chi connectivity index (χ0n) is 18.6. The van der Waals surface area contributed by atoms with Gasteiger partial charge in [-0.05, 0) is 90.9 Å². The standard InChI is InChI=1S/C27H33NO3/c1-26-13-6-9-22(26)19-11-10-17-15-20(25(30)31)21(16-27(17,2)23(19)12-14-26)24(29)28-18-7-4-3-5-8-18/h3-5,7-8,10,15,19,21-23H,6,9,11-14,16H2,1-2H3,(H,28,29)(H,30,31)/t19-,21?,22-,23+,26-,27-/m0/s1. The fraction of sp³-hybridized carbons (Fsp3) is 0.556. The number of amides is 1. The Labute approximate surface area is 184 Å². The Bertz CT molecular complexity index is 964. The van der Waals surface area contributed by atoms with Crippen molar-refractivity contribution in [1.29, 1.82) is 0 Å². The van der Waals surface area contributed by atoms with Gasteiger partial charge in [0.25, 0.3) is 0 Å². The number of aliphatic carboxylic acids is 1. The van der Waals surface area contributed by atoms with Crippen molar-refractivity contribution in [3.05, 3.63) is 53.6 Å². The maximum absolute atomic E-state index is 13.3. The van der Waals surface area contributed by atoms with Gasteiger partial charge in [-0.2, -0.15) is 0 Å². The average molecular weight is 420 g/mol. The molecule has 4 aliphatic rings. The van der Waals surface area contributed by atoms with Gasteiger partial charge in [0, 0.05) is 11.3 Å². The fourth-order valence-corrected chi connectivity index (χ4v) is 7.60. The van der Waals surface area contributed by atoms with Crippen LogP contribution < -0.4 is 5.32 Å². The average Bonchev–Trinajstić information content (AvgIpc) is 3.15. The minimum atomic E-state index is -0.981. The van der Waals surface area contributed by atoms with Crippen LogP contribution in [0.25, 0.3) is 0 Å². The lowest BCUT2D eigenvalue weighted by Crippen LogP contribution is -2.50. The Kier molecular flexibility index (Phi) is 4.87. The number of hydrogen-bond donors (Lipinski definition) is 2. The third kappa shape index (κ3) is 3.26. The van der Waals surface area contributed by atoms with Crippen LogP contribution in [0.1, 0.15) is 58.8 Å². The van der Waals surface area contributed by atoms with Gasteiger partial charge in [-0.1, -0.05) is 44.5 Å². The minimum Gasteiger partial charge on any atom is -0.478 e. The fourth-order valence-electron chi connectivity index (χ4n) is 7.60. The zero-order chi connectivity index (χ0) is 21.8. The number of anilines is 1. The molecule has 4 nitrogen and oxygen atoms in total. The molecule has 2 N–H and O–H groups in total. The van der Waals surface area contributed by atoms with Crippen LogP contribution >= 0.6 is 0 Å². The quantitative estimate of drug-likeness (QED) is 0.648. The maximum Gasteiger partial charge on any atom is 0.332 e. The van der Waals surface area contributed by atoms with E-state index in [1.807, 2.05) is 36.4 Å². The summed E-state index contributed by atoms with van der Waals surface area (Å²) in [6, 6.07) is 9.34. The first kappa shape index (κ1) is 20.5. The molecular weight excluding hydrogens is 386 g/mol. The lowest BCUT2D eigenvalue weighted by atomic mass is 9.48. The second-order valence-corrected chi connectivity index (χ2v) is 10.8. The van der Waals surface area contributed by atoms with Crippen molar-refractivity contribution < 1.29 is 14.7 Å². The lowest BCUT2D eigenvalue weighted by molar-refractivity contribution is -0.135. The van der Waals surface area contributed by atoms with E-state index in [4.69, 9.17) is 0 Å². The highest BCUT2D eigenvalue weighted by Crippen LogP contribution is 2.65. The van der Waals surface area contributed by atoms with Gasteiger partial charge in [0.1, 0.15) is 0 Å². The van der Waals surface area contributed by atoms with Crippen LogP contribution in [0.15, 0.2) is 53.6 Å². The van der Waals surface area contributed by atoms with Crippen LogP contribution in [0.3, 0.4) is 0 Å². The monoisotopic (exact) mass is 419 g/mol. The van der Waals surface area contributed by atoms with E-state index < -0.39 is 11.9 Å². The zero-order valence-corrected chi connectivity index (χ0v) is 18.6. The van der Waals surface area contributed by atoms with E-state index in [9.17, 15) is 14.7 Å². The summed E-state index contributed by atoms with van der Waals surface area (Å²) < 4.78 is 0. The number of hydrogen-bond acceptors (Lipinski definition) is 2. The van der Waals surface area contributed by atoms with Crippen LogP contribution in [0.5, 0.6) is 0 Å². The van der Waals surface area contributed by atoms with Crippen molar-refractivity contribution >= 4 is 17.6 Å². The molecule has 4 heteroatoms. The minimum absolute atomic E-state index is 0.134. The predicted octanol–water partition coefficient (Wildman–Crippen LogP) is 5.83. The first-order valence-electron chi connectivity index (χ1n) is 11.8. The number of rotatable bonds is 3. The highest BCUT2D eigenvalue weighted by atomic mass is 16.4. The number of fused-ring (bicyclic) bond motifs is 5. The summed E-state index contributed by atoms with van der Waals surface area (Å²) in [6.45, 7) is 4.78. The summed E-state index contributed by atoms with van der Waals surface area (Å²) in [6.07, 6.45) is 12.2. The van der Waals surface area contributed by atoms with E-state index in [-0.39, 0.29) is 16.9 Å². The second kappa shape index (κ2) is 7.36. The number of carbonyl (C=O) groups is 2. The summed E-state index contributed by atoms with van der Waals surface area (Å²) in [4.78, 5) is 25.4. The highest BCUT2D eigenvalue weighted by Gasteiger charge is 2.56. The van der Waals surface area contributed by atoms with Gasteiger partial charge in [-0.15, -0.1) is 0 Å². The molecule has 31 heavy (non-hydrogen) atoms. The lowest BCUT2D eigenvalue weighted by Gasteiger charge is -2.56. The van der Waals surface area contributed by atoms with Crippen LogP contribution in [-0.2, 0) is 9.59 Å². The number of para-hydroxylation sites is 1. The molecule has 0 saturated heterocycles. The second-order valence-electron chi connectivity index (χ2n) is 10.8. The molecule has 0 bridgehead atoms. The van der Waals surface area contributed by atoms with E-state index in [0.717, 1.165) is 17.9 Å². The van der Waals surface area contributed by atoms with Crippen molar-refractivity contribution in [2.45, 2.75) is 58.8 Å². The molecule has 6 atom stereocenters. The number of carboxylic acids is 1. The number of benzene rings is 1. The van der Waals surface area contributed by atoms with Gasteiger partial charge >= 0.3 is 5.97 Å². The molecule has 4 aliphatic carbocycles. The van der Waals surface area contributed by atoms with Crippen molar-refractivity contribution in [1.82, 2.24) is 0 Å². The summed E-state index contributed by atoms with van der Waals surface area (Å²) >= 11 is 0. The van der Waals surface area contributed by atoms with Crippen molar-refractivity contribution in [3.63, 3.8) is 0 Å². The summed E-state index contributed by atoms with van der Waals surface area (Å²) in [5, 5.41) is 12.9. The van der Waals surface area contributed by atoms with Crippen LogP contribution in [0.4, 0.5) is 5.69 Å². The van der Waals surface area contributed by atoms with Crippen molar-refractivity contribution in [2.75, 3.05) is 5.32 Å². The van der Waals surface area contributed by atoms with Crippen LogP contribution in [-0.4, -0.2) is 17.0 Å². The molecule has 0 aliphatic heterocycles. The molecule has 164 valence electrons.